The normalized spacial score (nSPS) is 13.2. The van der Waals surface area contributed by atoms with E-state index in [0.717, 1.165) is 9.87 Å². The van der Waals surface area contributed by atoms with E-state index in [0.29, 0.717) is 5.56 Å². The van der Waals surface area contributed by atoms with Crippen LogP contribution in [0, 0.1) is 0 Å². The van der Waals surface area contributed by atoms with E-state index in [1.165, 1.54) is 45.3 Å². The van der Waals surface area contributed by atoms with Crippen molar-refractivity contribution in [1.82, 2.24) is 4.31 Å². The fourth-order valence-electron chi connectivity index (χ4n) is 2.65. The monoisotopic (exact) mass is 417 g/mol. The second-order valence-corrected chi connectivity index (χ2v) is 10.2. The summed E-state index contributed by atoms with van der Waals surface area (Å²) >= 11 is 0. The zero-order chi connectivity index (χ0) is 22.0. The Morgan fingerprint density at radius 3 is 2.07 bits per heavy atom. The standard InChI is InChI=1S/C22H27NO5S/c1-15(20(24)16-10-12-18(13-11-16)22(2,3)4)28-21(25)17-8-7-9-19(14-17)29(26,27)23(5)6/h7-15H,1-6H3/t15-/m1/s1. The van der Waals surface area contributed by atoms with Crippen molar-refractivity contribution in [3.05, 3.63) is 65.2 Å². The summed E-state index contributed by atoms with van der Waals surface area (Å²) in [6.45, 7) is 7.74. The highest BCUT2D eigenvalue weighted by molar-refractivity contribution is 7.89. The number of sulfonamides is 1. The molecule has 29 heavy (non-hydrogen) atoms. The van der Waals surface area contributed by atoms with Gasteiger partial charge in [-0.05, 0) is 36.1 Å². The van der Waals surface area contributed by atoms with Gasteiger partial charge in [0.25, 0.3) is 0 Å². The van der Waals surface area contributed by atoms with E-state index in [1.807, 2.05) is 12.1 Å². The summed E-state index contributed by atoms with van der Waals surface area (Å²) in [5, 5.41) is 0. The summed E-state index contributed by atoms with van der Waals surface area (Å²) in [7, 11) is -0.861. The average molecular weight is 418 g/mol. The lowest BCUT2D eigenvalue weighted by Gasteiger charge is -2.19. The molecule has 0 aliphatic heterocycles. The molecule has 6 nitrogen and oxygen atoms in total. The minimum atomic E-state index is -3.68. The molecule has 1 atom stereocenters. The van der Waals surface area contributed by atoms with Gasteiger partial charge in [0.15, 0.2) is 6.10 Å². The van der Waals surface area contributed by atoms with Crippen molar-refractivity contribution >= 4 is 21.8 Å². The zero-order valence-corrected chi connectivity index (χ0v) is 18.4. The molecule has 0 fully saturated rings. The first-order chi connectivity index (χ1) is 13.3. The van der Waals surface area contributed by atoms with Gasteiger partial charge in [0.1, 0.15) is 0 Å². The minimum absolute atomic E-state index is 0.0197. The second kappa shape index (κ2) is 8.47. The fraction of sp³-hybridized carbons (Fsp3) is 0.364. The van der Waals surface area contributed by atoms with E-state index in [2.05, 4.69) is 20.8 Å². The van der Waals surface area contributed by atoms with E-state index in [1.54, 1.807) is 12.1 Å². The first kappa shape index (κ1) is 22.8. The third-order valence-electron chi connectivity index (χ3n) is 4.54. The first-order valence-electron chi connectivity index (χ1n) is 9.22. The number of benzene rings is 2. The molecule has 2 aromatic rings. The lowest BCUT2D eigenvalue weighted by molar-refractivity contribution is 0.0318. The molecule has 0 unspecified atom stereocenters. The van der Waals surface area contributed by atoms with Gasteiger partial charge in [0, 0.05) is 19.7 Å². The molecule has 0 aliphatic rings. The number of Topliss-reactive ketones (excluding diaryl/α,β-unsaturated/α-hetero) is 1. The summed E-state index contributed by atoms with van der Waals surface area (Å²) < 4.78 is 30.8. The Balaban J connectivity index is 2.16. The first-order valence-corrected chi connectivity index (χ1v) is 10.7. The highest BCUT2D eigenvalue weighted by Gasteiger charge is 2.23. The van der Waals surface area contributed by atoms with Gasteiger partial charge < -0.3 is 4.74 Å². The maximum atomic E-state index is 12.6. The number of ketones is 1. The maximum absolute atomic E-state index is 12.6. The molecule has 0 aromatic heterocycles. The van der Waals surface area contributed by atoms with Crippen molar-refractivity contribution in [1.29, 1.82) is 0 Å². The molecular weight excluding hydrogens is 390 g/mol. The molecule has 0 aliphatic carbocycles. The van der Waals surface area contributed by atoms with E-state index < -0.39 is 22.1 Å². The van der Waals surface area contributed by atoms with E-state index in [-0.39, 0.29) is 21.7 Å². The molecule has 0 N–H and O–H groups in total. The third-order valence-corrected chi connectivity index (χ3v) is 6.35. The number of carbonyl (C=O) groups is 2. The Morgan fingerprint density at radius 2 is 1.55 bits per heavy atom. The molecular formula is C22H27NO5S. The molecule has 0 bridgehead atoms. The van der Waals surface area contributed by atoms with E-state index in [9.17, 15) is 18.0 Å². The molecule has 2 rings (SSSR count). The number of esters is 1. The molecule has 2 aromatic carbocycles. The van der Waals surface area contributed by atoms with Crippen LogP contribution in [0.5, 0.6) is 0 Å². The van der Waals surface area contributed by atoms with Gasteiger partial charge in [-0.25, -0.2) is 17.5 Å². The molecule has 0 heterocycles. The summed E-state index contributed by atoms with van der Waals surface area (Å²) in [5.41, 5.74) is 1.58. The Labute approximate surface area is 172 Å². The van der Waals surface area contributed by atoms with Crippen LogP contribution in [0.3, 0.4) is 0 Å². The van der Waals surface area contributed by atoms with Gasteiger partial charge in [-0.15, -0.1) is 0 Å². The summed E-state index contributed by atoms with van der Waals surface area (Å²) in [4.78, 5) is 25.0. The van der Waals surface area contributed by atoms with Crippen LogP contribution < -0.4 is 0 Å². The number of rotatable bonds is 6. The van der Waals surface area contributed by atoms with Gasteiger partial charge in [-0.1, -0.05) is 51.1 Å². The van der Waals surface area contributed by atoms with Crippen molar-refractivity contribution in [3.8, 4) is 0 Å². The van der Waals surface area contributed by atoms with Crippen molar-refractivity contribution < 1.29 is 22.7 Å². The van der Waals surface area contributed by atoms with Crippen LogP contribution in [-0.2, 0) is 20.2 Å². The molecule has 0 radical (unpaired) electrons. The number of hydrogen-bond acceptors (Lipinski definition) is 5. The van der Waals surface area contributed by atoms with E-state index >= 15 is 0 Å². The highest BCUT2D eigenvalue weighted by atomic mass is 32.2. The van der Waals surface area contributed by atoms with Crippen molar-refractivity contribution in [2.45, 2.75) is 44.1 Å². The molecule has 0 amide bonds. The van der Waals surface area contributed by atoms with Crippen molar-refractivity contribution in [2.24, 2.45) is 0 Å². The number of carbonyl (C=O) groups excluding carboxylic acids is 2. The predicted molar refractivity (Wildman–Crippen MR) is 112 cm³/mol. The minimum Gasteiger partial charge on any atom is -0.451 e. The second-order valence-electron chi connectivity index (χ2n) is 8.05. The van der Waals surface area contributed by atoms with Crippen LogP contribution in [0.2, 0.25) is 0 Å². The van der Waals surface area contributed by atoms with Gasteiger partial charge in [0.05, 0.1) is 10.5 Å². The fourth-order valence-corrected chi connectivity index (χ4v) is 3.59. The predicted octanol–water partition coefficient (Wildman–Crippen LogP) is 3.66. The molecule has 156 valence electrons. The van der Waals surface area contributed by atoms with Crippen LogP contribution in [0.1, 0.15) is 54.0 Å². The average Bonchev–Trinajstić information content (AvgIpc) is 2.66. The smallest absolute Gasteiger partial charge is 0.338 e. The van der Waals surface area contributed by atoms with Crippen LogP contribution >= 0.6 is 0 Å². The summed E-state index contributed by atoms with van der Waals surface area (Å²) in [6, 6.07) is 12.8. The summed E-state index contributed by atoms with van der Waals surface area (Å²) in [6.07, 6.45) is -1.00. The Hall–Kier alpha value is -2.51. The van der Waals surface area contributed by atoms with Gasteiger partial charge >= 0.3 is 5.97 Å². The van der Waals surface area contributed by atoms with Crippen molar-refractivity contribution in [3.63, 3.8) is 0 Å². The Morgan fingerprint density at radius 1 is 0.966 bits per heavy atom. The lowest BCUT2D eigenvalue weighted by Crippen LogP contribution is -2.25. The molecule has 0 saturated heterocycles. The SMILES string of the molecule is C[C@@H](OC(=O)c1cccc(S(=O)(=O)N(C)C)c1)C(=O)c1ccc(C(C)(C)C)cc1. The highest BCUT2D eigenvalue weighted by Crippen LogP contribution is 2.23. The Kier molecular flexibility index (Phi) is 6.65. The molecule has 0 saturated carbocycles. The van der Waals surface area contributed by atoms with Gasteiger partial charge in [-0.2, -0.15) is 0 Å². The van der Waals surface area contributed by atoms with Crippen molar-refractivity contribution in [2.75, 3.05) is 14.1 Å². The maximum Gasteiger partial charge on any atom is 0.338 e. The third kappa shape index (κ3) is 5.31. The van der Waals surface area contributed by atoms with Gasteiger partial charge in [0.2, 0.25) is 15.8 Å². The largest absolute Gasteiger partial charge is 0.451 e. The van der Waals surface area contributed by atoms with Crippen LogP contribution in [0.4, 0.5) is 0 Å². The summed E-state index contributed by atoms with van der Waals surface area (Å²) in [5.74, 6) is -1.08. The zero-order valence-electron chi connectivity index (χ0n) is 17.6. The topological polar surface area (TPSA) is 80.8 Å². The molecule has 0 spiro atoms. The number of ether oxygens (including phenoxy) is 1. The number of nitrogens with zero attached hydrogens (tertiary/aromatic N) is 1. The quantitative estimate of drug-likeness (QED) is 0.529. The Bertz CT molecular complexity index is 1000. The van der Waals surface area contributed by atoms with Crippen LogP contribution in [0.25, 0.3) is 0 Å². The molecule has 7 heteroatoms. The van der Waals surface area contributed by atoms with E-state index in [4.69, 9.17) is 4.74 Å². The lowest BCUT2D eigenvalue weighted by atomic mass is 9.86. The van der Waals surface area contributed by atoms with Crippen LogP contribution in [0.15, 0.2) is 53.4 Å². The van der Waals surface area contributed by atoms with Gasteiger partial charge in [-0.3, -0.25) is 4.79 Å². The number of hydrogen-bond donors (Lipinski definition) is 0. The van der Waals surface area contributed by atoms with Crippen LogP contribution in [-0.4, -0.2) is 44.7 Å².